The first-order valence-corrected chi connectivity index (χ1v) is 11.3. The molecule has 5 heteroatoms. The molecule has 2 aromatic rings. The standard InChI is InChI=1S/C22H30N2O2S/c1-3-4-9-21(23-27(25,26)22-12-10-18(2)11-13-22)17-24-15-14-19-7-5-6-8-20(19)16-24/h5-8,10-13,21,23H,3-4,9,14-17H2,1-2H3. The van der Waals surface area contributed by atoms with Crippen molar-refractivity contribution in [1.82, 2.24) is 9.62 Å². The Morgan fingerprint density at radius 1 is 1.07 bits per heavy atom. The highest BCUT2D eigenvalue weighted by Gasteiger charge is 2.24. The summed E-state index contributed by atoms with van der Waals surface area (Å²) in [5, 5.41) is 0. The minimum Gasteiger partial charge on any atom is -0.297 e. The van der Waals surface area contributed by atoms with Crippen LogP contribution in [0, 0.1) is 6.92 Å². The zero-order valence-corrected chi connectivity index (χ0v) is 17.1. The first-order valence-electron chi connectivity index (χ1n) is 9.86. The third kappa shape index (κ3) is 5.41. The first kappa shape index (κ1) is 20.1. The Hall–Kier alpha value is -1.69. The molecule has 0 fully saturated rings. The molecule has 1 atom stereocenters. The topological polar surface area (TPSA) is 49.4 Å². The lowest BCUT2D eigenvalue weighted by Gasteiger charge is -2.32. The van der Waals surface area contributed by atoms with Gasteiger partial charge in [0.25, 0.3) is 0 Å². The Morgan fingerprint density at radius 2 is 1.78 bits per heavy atom. The Morgan fingerprint density at radius 3 is 2.48 bits per heavy atom. The number of aryl methyl sites for hydroxylation is 1. The van der Waals surface area contributed by atoms with Gasteiger partial charge in [-0.05, 0) is 43.0 Å². The van der Waals surface area contributed by atoms with E-state index >= 15 is 0 Å². The van der Waals surface area contributed by atoms with Crippen molar-refractivity contribution in [1.29, 1.82) is 0 Å². The van der Waals surface area contributed by atoms with Crippen molar-refractivity contribution in [2.45, 2.75) is 57.0 Å². The van der Waals surface area contributed by atoms with E-state index in [1.54, 1.807) is 12.1 Å². The molecule has 0 radical (unpaired) electrons. The molecule has 146 valence electrons. The van der Waals surface area contributed by atoms with Crippen molar-refractivity contribution in [3.05, 3.63) is 65.2 Å². The number of rotatable bonds is 8. The average molecular weight is 387 g/mol. The van der Waals surface area contributed by atoms with E-state index in [2.05, 4.69) is 40.8 Å². The lowest BCUT2D eigenvalue weighted by atomic mass is 9.99. The molecule has 1 aliphatic heterocycles. The van der Waals surface area contributed by atoms with Gasteiger partial charge in [0.2, 0.25) is 10.0 Å². The van der Waals surface area contributed by atoms with E-state index < -0.39 is 10.0 Å². The van der Waals surface area contributed by atoms with Gasteiger partial charge >= 0.3 is 0 Å². The molecule has 0 bridgehead atoms. The van der Waals surface area contributed by atoms with E-state index in [1.165, 1.54) is 11.1 Å². The second-order valence-corrected chi connectivity index (χ2v) is 9.24. The predicted molar refractivity (Wildman–Crippen MR) is 110 cm³/mol. The van der Waals surface area contributed by atoms with Crippen molar-refractivity contribution in [3.63, 3.8) is 0 Å². The molecule has 0 aromatic heterocycles. The number of sulfonamides is 1. The Kier molecular flexibility index (Phi) is 6.68. The third-order valence-corrected chi connectivity index (χ3v) is 6.78. The molecule has 2 aromatic carbocycles. The number of nitrogens with one attached hydrogen (secondary N) is 1. The SMILES string of the molecule is CCCCC(CN1CCc2ccccc2C1)NS(=O)(=O)c1ccc(C)cc1. The van der Waals surface area contributed by atoms with Crippen molar-refractivity contribution in [2.24, 2.45) is 0 Å². The van der Waals surface area contributed by atoms with Crippen LogP contribution in [-0.4, -0.2) is 32.4 Å². The maximum absolute atomic E-state index is 12.8. The number of hydrogen-bond donors (Lipinski definition) is 1. The average Bonchev–Trinajstić information content (AvgIpc) is 2.66. The monoisotopic (exact) mass is 386 g/mol. The van der Waals surface area contributed by atoms with Crippen LogP contribution < -0.4 is 4.72 Å². The lowest BCUT2D eigenvalue weighted by Crippen LogP contribution is -2.45. The van der Waals surface area contributed by atoms with Gasteiger partial charge in [-0.2, -0.15) is 0 Å². The van der Waals surface area contributed by atoms with E-state index in [-0.39, 0.29) is 6.04 Å². The highest BCUT2D eigenvalue weighted by molar-refractivity contribution is 7.89. The van der Waals surface area contributed by atoms with Crippen LogP contribution >= 0.6 is 0 Å². The van der Waals surface area contributed by atoms with E-state index in [0.29, 0.717) is 4.90 Å². The number of fused-ring (bicyclic) bond motifs is 1. The molecule has 0 saturated carbocycles. The van der Waals surface area contributed by atoms with Gasteiger partial charge in [-0.1, -0.05) is 61.7 Å². The van der Waals surface area contributed by atoms with Crippen molar-refractivity contribution in [2.75, 3.05) is 13.1 Å². The zero-order chi connectivity index (χ0) is 19.3. The van der Waals surface area contributed by atoms with Gasteiger partial charge in [0, 0.05) is 25.7 Å². The smallest absolute Gasteiger partial charge is 0.240 e. The van der Waals surface area contributed by atoms with Gasteiger partial charge in [0.15, 0.2) is 0 Å². The van der Waals surface area contributed by atoms with Crippen LogP contribution in [0.15, 0.2) is 53.4 Å². The second kappa shape index (κ2) is 9.00. The van der Waals surface area contributed by atoms with Crippen LogP contribution in [0.2, 0.25) is 0 Å². The summed E-state index contributed by atoms with van der Waals surface area (Å²) in [5.41, 5.74) is 3.84. The molecule has 0 saturated heterocycles. The summed E-state index contributed by atoms with van der Waals surface area (Å²) in [6.45, 7) is 6.72. The van der Waals surface area contributed by atoms with E-state index in [1.807, 2.05) is 19.1 Å². The van der Waals surface area contributed by atoms with Crippen LogP contribution in [0.1, 0.15) is 42.9 Å². The maximum Gasteiger partial charge on any atom is 0.240 e. The van der Waals surface area contributed by atoms with Crippen molar-refractivity contribution >= 4 is 10.0 Å². The maximum atomic E-state index is 12.8. The summed E-state index contributed by atoms with van der Waals surface area (Å²) in [4.78, 5) is 2.72. The minimum atomic E-state index is -3.49. The second-order valence-electron chi connectivity index (χ2n) is 7.53. The highest BCUT2D eigenvalue weighted by Crippen LogP contribution is 2.20. The summed E-state index contributed by atoms with van der Waals surface area (Å²) < 4.78 is 28.6. The molecule has 1 N–H and O–H groups in total. The molecule has 0 aliphatic carbocycles. The largest absolute Gasteiger partial charge is 0.297 e. The predicted octanol–water partition coefficient (Wildman–Crippen LogP) is 3.89. The van der Waals surface area contributed by atoms with E-state index in [9.17, 15) is 8.42 Å². The summed E-state index contributed by atoms with van der Waals surface area (Å²) in [6.07, 6.45) is 3.97. The Bertz CT molecular complexity index is 847. The molecule has 3 rings (SSSR count). The Labute approximate surface area is 163 Å². The van der Waals surface area contributed by atoms with Gasteiger partial charge < -0.3 is 0 Å². The fraction of sp³-hybridized carbons (Fsp3) is 0.455. The number of benzene rings is 2. The fourth-order valence-electron chi connectivity index (χ4n) is 3.66. The third-order valence-electron chi connectivity index (χ3n) is 5.25. The van der Waals surface area contributed by atoms with E-state index in [0.717, 1.165) is 50.9 Å². The molecule has 27 heavy (non-hydrogen) atoms. The van der Waals surface area contributed by atoms with Gasteiger partial charge in [0.05, 0.1) is 4.90 Å². The zero-order valence-electron chi connectivity index (χ0n) is 16.3. The van der Waals surface area contributed by atoms with Gasteiger partial charge in [0.1, 0.15) is 0 Å². The lowest BCUT2D eigenvalue weighted by molar-refractivity contribution is 0.227. The van der Waals surface area contributed by atoms with Gasteiger partial charge in [-0.3, -0.25) is 4.90 Å². The molecule has 4 nitrogen and oxygen atoms in total. The molecule has 1 aliphatic rings. The summed E-state index contributed by atoms with van der Waals surface area (Å²) >= 11 is 0. The molecule has 1 heterocycles. The molecular weight excluding hydrogens is 356 g/mol. The fourth-order valence-corrected chi connectivity index (χ4v) is 4.93. The molecule has 1 unspecified atom stereocenters. The number of unbranched alkanes of at least 4 members (excludes halogenated alkanes) is 1. The normalized spacial score (nSPS) is 16.1. The van der Waals surface area contributed by atoms with Crippen LogP contribution in [0.5, 0.6) is 0 Å². The van der Waals surface area contributed by atoms with Crippen LogP contribution in [0.25, 0.3) is 0 Å². The summed E-state index contributed by atoms with van der Waals surface area (Å²) in [5.74, 6) is 0. The Balaban J connectivity index is 1.69. The molecular formula is C22H30N2O2S. The highest BCUT2D eigenvalue weighted by atomic mass is 32.2. The van der Waals surface area contributed by atoms with Crippen molar-refractivity contribution in [3.8, 4) is 0 Å². The number of nitrogens with zero attached hydrogens (tertiary/aromatic N) is 1. The van der Waals surface area contributed by atoms with Gasteiger partial charge in [-0.25, -0.2) is 13.1 Å². The quantitative estimate of drug-likeness (QED) is 0.749. The molecule has 0 amide bonds. The summed E-state index contributed by atoms with van der Waals surface area (Å²) in [7, 11) is -3.49. The minimum absolute atomic E-state index is 0.0680. The number of hydrogen-bond acceptors (Lipinski definition) is 3. The van der Waals surface area contributed by atoms with Crippen molar-refractivity contribution < 1.29 is 8.42 Å². The molecule has 0 spiro atoms. The van der Waals surface area contributed by atoms with E-state index in [4.69, 9.17) is 0 Å². The summed E-state index contributed by atoms with van der Waals surface area (Å²) in [6, 6.07) is 15.5. The first-order chi connectivity index (χ1) is 13.0. The van der Waals surface area contributed by atoms with Crippen LogP contribution in [-0.2, 0) is 23.0 Å². The van der Waals surface area contributed by atoms with Gasteiger partial charge in [-0.15, -0.1) is 0 Å². The van der Waals surface area contributed by atoms with Crippen LogP contribution in [0.4, 0.5) is 0 Å². The van der Waals surface area contributed by atoms with Crippen LogP contribution in [0.3, 0.4) is 0 Å².